The number of nitrogens with zero attached hydrogens (tertiary/aromatic N) is 2. The lowest BCUT2D eigenvalue weighted by Gasteiger charge is -2.07. The summed E-state index contributed by atoms with van der Waals surface area (Å²) in [6, 6.07) is 14.7. The van der Waals surface area contributed by atoms with Crippen LogP contribution in [0, 0.1) is 11.6 Å². The van der Waals surface area contributed by atoms with E-state index in [0.29, 0.717) is 16.5 Å². The monoisotopic (exact) mass is 405 g/mol. The highest BCUT2D eigenvalue weighted by Gasteiger charge is 2.14. The molecule has 0 saturated carbocycles. The minimum absolute atomic E-state index is 0.0464. The van der Waals surface area contributed by atoms with Crippen molar-refractivity contribution >= 4 is 29.0 Å². The number of rotatable bonds is 5. The second kappa shape index (κ2) is 8.26. The zero-order valence-electron chi connectivity index (χ0n) is 15.7. The van der Waals surface area contributed by atoms with Crippen LogP contribution in [0.2, 0.25) is 0 Å². The highest BCUT2D eigenvalue weighted by atomic mass is 19.1. The van der Waals surface area contributed by atoms with Crippen LogP contribution in [0.1, 0.15) is 27.2 Å². The van der Waals surface area contributed by atoms with Gasteiger partial charge in [-0.15, -0.1) is 0 Å². The van der Waals surface area contributed by atoms with E-state index >= 15 is 0 Å². The van der Waals surface area contributed by atoms with E-state index in [1.54, 1.807) is 16.1 Å². The van der Waals surface area contributed by atoms with E-state index < -0.39 is 17.5 Å². The van der Waals surface area contributed by atoms with Gasteiger partial charge in [0.15, 0.2) is 0 Å². The van der Waals surface area contributed by atoms with Crippen molar-refractivity contribution < 1.29 is 18.8 Å². The number of nitrogens with one attached hydrogen (secondary N) is 1. The lowest BCUT2D eigenvalue weighted by Crippen LogP contribution is -2.19. The summed E-state index contributed by atoms with van der Waals surface area (Å²) in [5.74, 6) is -2.00. The number of carbonyl (C=O) groups excluding carboxylic acids is 1. The second-order valence-electron chi connectivity index (χ2n) is 6.72. The van der Waals surface area contributed by atoms with Crippen molar-refractivity contribution in [1.29, 1.82) is 0 Å². The van der Waals surface area contributed by atoms with Gasteiger partial charge in [-0.1, -0.05) is 48.6 Å². The van der Waals surface area contributed by atoms with Crippen LogP contribution in [0.3, 0.4) is 0 Å². The standard InChI is InChI=1S/C23H17F2N3O2/c24-18-9-8-17(20(25)10-18)14-28-13-16(7-6-15-4-2-1-3-5-15)19-11-21(23(29)27-30)26-12-22(19)28/h1-13,30H,14H2,(H,27,29). The first-order valence-electron chi connectivity index (χ1n) is 9.15. The Morgan fingerprint density at radius 3 is 2.63 bits per heavy atom. The molecule has 0 unspecified atom stereocenters. The molecule has 4 aromatic rings. The number of pyridine rings is 1. The summed E-state index contributed by atoms with van der Waals surface area (Å²) in [5.41, 5.74) is 4.38. The highest BCUT2D eigenvalue weighted by molar-refractivity contribution is 5.98. The minimum atomic E-state index is -0.729. The first kappa shape index (κ1) is 19.5. The first-order chi connectivity index (χ1) is 14.5. The molecule has 0 radical (unpaired) electrons. The summed E-state index contributed by atoms with van der Waals surface area (Å²) in [5, 5.41) is 9.61. The predicted molar refractivity (Wildman–Crippen MR) is 110 cm³/mol. The molecule has 0 bridgehead atoms. The van der Waals surface area contributed by atoms with Crippen molar-refractivity contribution in [3.8, 4) is 0 Å². The van der Waals surface area contributed by atoms with Crippen LogP contribution in [0.5, 0.6) is 0 Å². The smallest absolute Gasteiger partial charge is 0.293 e. The summed E-state index contributed by atoms with van der Waals surface area (Å²) < 4.78 is 29.2. The molecule has 0 aliphatic heterocycles. The summed E-state index contributed by atoms with van der Waals surface area (Å²) in [7, 11) is 0. The van der Waals surface area contributed by atoms with Crippen molar-refractivity contribution in [3.63, 3.8) is 0 Å². The van der Waals surface area contributed by atoms with Crippen LogP contribution in [0.25, 0.3) is 23.1 Å². The number of hydroxylamine groups is 1. The number of halogens is 2. The Morgan fingerprint density at radius 2 is 1.90 bits per heavy atom. The molecule has 0 aliphatic carbocycles. The molecule has 7 heteroatoms. The Hall–Kier alpha value is -3.84. The van der Waals surface area contributed by atoms with Crippen LogP contribution >= 0.6 is 0 Å². The molecule has 0 aliphatic rings. The van der Waals surface area contributed by atoms with Crippen molar-refractivity contribution in [1.82, 2.24) is 15.0 Å². The molecule has 2 heterocycles. The maximum absolute atomic E-state index is 14.2. The van der Waals surface area contributed by atoms with Gasteiger partial charge in [0.05, 0.1) is 18.3 Å². The van der Waals surface area contributed by atoms with Gasteiger partial charge in [-0.05, 0) is 17.7 Å². The lowest BCUT2D eigenvalue weighted by molar-refractivity contribution is 0.0701. The average Bonchev–Trinajstić information content (AvgIpc) is 3.11. The quantitative estimate of drug-likeness (QED) is 0.375. The zero-order valence-corrected chi connectivity index (χ0v) is 15.7. The van der Waals surface area contributed by atoms with Gasteiger partial charge in [0, 0.05) is 28.8 Å². The van der Waals surface area contributed by atoms with Crippen LogP contribution in [-0.2, 0) is 6.54 Å². The van der Waals surface area contributed by atoms with Crippen LogP contribution in [0.4, 0.5) is 8.78 Å². The number of benzene rings is 2. The minimum Gasteiger partial charge on any atom is -0.341 e. The van der Waals surface area contributed by atoms with Gasteiger partial charge in [0.2, 0.25) is 0 Å². The molecule has 30 heavy (non-hydrogen) atoms. The predicted octanol–water partition coefficient (Wildman–Crippen LogP) is 4.65. The fraction of sp³-hybridized carbons (Fsp3) is 0.0435. The molecule has 0 saturated heterocycles. The second-order valence-corrected chi connectivity index (χ2v) is 6.72. The molecule has 0 atom stereocenters. The summed E-state index contributed by atoms with van der Waals surface area (Å²) in [4.78, 5) is 15.9. The number of hydrogen-bond acceptors (Lipinski definition) is 3. The van der Waals surface area contributed by atoms with E-state index in [-0.39, 0.29) is 12.2 Å². The van der Waals surface area contributed by atoms with E-state index in [0.717, 1.165) is 17.2 Å². The summed E-state index contributed by atoms with van der Waals surface area (Å²) in [6.45, 7) is 0.162. The Balaban J connectivity index is 1.80. The van der Waals surface area contributed by atoms with Crippen molar-refractivity contribution in [2.45, 2.75) is 6.54 Å². The summed E-state index contributed by atoms with van der Waals surface area (Å²) in [6.07, 6.45) is 7.11. The molecule has 0 fully saturated rings. The Labute approximate surface area is 170 Å². The number of carbonyl (C=O) groups is 1. The maximum Gasteiger partial charge on any atom is 0.293 e. The van der Waals surface area contributed by atoms with Gasteiger partial charge < -0.3 is 4.57 Å². The Morgan fingerprint density at radius 1 is 1.10 bits per heavy atom. The molecule has 0 spiro atoms. The average molecular weight is 405 g/mol. The molecule has 1 amide bonds. The number of aromatic nitrogens is 2. The molecule has 2 aromatic heterocycles. The first-order valence-corrected chi connectivity index (χ1v) is 9.15. The topological polar surface area (TPSA) is 67.2 Å². The fourth-order valence-corrected chi connectivity index (χ4v) is 3.24. The highest BCUT2D eigenvalue weighted by Crippen LogP contribution is 2.25. The zero-order chi connectivity index (χ0) is 21.1. The molecule has 5 nitrogen and oxygen atoms in total. The number of amides is 1. The van der Waals surface area contributed by atoms with Crippen molar-refractivity contribution in [2.24, 2.45) is 0 Å². The van der Waals surface area contributed by atoms with Crippen molar-refractivity contribution in [3.05, 3.63) is 101 Å². The largest absolute Gasteiger partial charge is 0.341 e. The van der Waals surface area contributed by atoms with Gasteiger partial charge in [-0.25, -0.2) is 19.2 Å². The Bertz CT molecular complexity index is 1250. The number of fused-ring (bicyclic) bond motifs is 1. The van der Waals surface area contributed by atoms with Gasteiger partial charge in [0.25, 0.3) is 5.91 Å². The van der Waals surface area contributed by atoms with Crippen LogP contribution in [-0.4, -0.2) is 20.7 Å². The van der Waals surface area contributed by atoms with Gasteiger partial charge >= 0.3 is 0 Å². The third kappa shape index (κ3) is 3.97. The van der Waals surface area contributed by atoms with E-state index in [1.165, 1.54) is 18.3 Å². The molecular weight excluding hydrogens is 388 g/mol. The van der Waals surface area contributed by atoms with Crippen LogP contribution < -0.4 is 5.48 Å². The lowest BCUT2D eigenvalue weighted by atomic mass is 10.1. The fourth-order valence-electron chi connectivity index (χ4n) is 3.24. The number of hydrogen-bond donors (Lipinski definition) is 2. The van der Waals surface area contributed by atoms with Gasteiger partial charge in [-0.2, -0.15) is 0 Å². The van der Waals surface area contributed by atoms with Crippen molar-refractivity contribution in [2.75, 3.05) is 0 Å². The molecule has 2 aromatic carbocycles. The Kier molecular flexibility index (Phi) is 5.36. The van der Waals surface area contributed by atoms with E-state index in [2.05, 4.69) is 4.98 Å². The van der Waals surface area contributed by atoms with Crippen LogP contribution in [0.15, 0.2) is 67.0 Å². The third-order valence-electron chi connectivity index (χ3n) is 4.74. The maximum atomic E-state index is 14.2. The summed E-state index contributed by atoms with van der Waals surface area (Å²) >= 11 is 0. The van der Waals surface area contributed by atoms with Gasteiger partial charge in [-0.3, -0.25) is 10.0 Å². The normalized spacial score (nSPS) is 11.3. The SMILES string of the molecule is O=C(NO)c1cc2c(C=Cc3ccccc3)cn(Cc3ccc(F)cc3F)c2cn1. The van der Waals surface area contributed by atoms with E-state index in [9.17, 15) is 13.6 Å². The molecule has 4 rings (SSSR count). The molecular formula is C23H17F2N3O2. The van der Waals surface area contributed by atoms with E-state index in [1.807, 2.05) is 48.7 Å². The van der Waals surface area contributed by atoms with Gasteiger partial charge in [0.1, 0.15) is 17.3 Å². The van der Waals surface area contributed by atoms with E-state index in [4.69, 9.17) is 5.21 Å². The molecule has 2 N–H and O–H groups in total. The third-order valence-corrected chi connectivity index (χ3v) is 4.74. The molecule has 150 valence electrons.